The van der Waals surface area contributed by atoms with Crippen LogP contribution in [0.3, 0.4) is 0 Å². The van der Waals surface area contributed by atoms with Crippen molar-refractivity contribution in [2.45, 2.75) is 33.1 Å². The highest BCUT2D eigenvalue weighted by Gasteiger charge is 2.07. The van der Waals surface area contributed by atoms with Crippen LogP contribution in [0.5, 0.6) is 0 Å². The molecule has 0 amide bonds. The molecule has 1 unspecified atom stereocenters. The second-order valence-electron chi connectivity index (χ2n) is 5.02. The summed E-state index contributed by atoms with van der Waals surface area (Å²) in [5.41, 5.74) is 0. The maximum Gasteiger partial charge on any atom is 0.0225 e. The molecule has 98 valence electrons. The fourth-order valence-electron chi connectivity index (χ4n) is 1.73. The molecule has 0 heterocycles. The number of halogens is 1. The van der Waals surface area contributed by atoms with E-state index in [4.69, 9.17) is 11.6 Å². The fraction of sp³-hybridized carbons (Fsp3) is 1.00. The third-order valence-corrected chi connectivity index (χ3v) is 3.16. The topological polar surface area (TPSA) is 6.48 Å². The lowest BCUT2D eigenvalue weighted by molar-refractivity contribution is 0.227. The summed E-state index contributed by atoms with van der Waals surface area (Å²) >= 11 is 5.76. The first kappa shape index (κ1) is 16.2. The summed E-state index contributed by atoms with van der Waals surface area (Å²) < 4.78 is 0. The van der Waals surface area contributed by atoms with Gasteiger partial charge in [0.2, 0.25) is 0 Å². The van der Waals surface area contributed by atoms with Gasteiger partial charge in [-0.25, -0.2) is 0 Å². The van der Waals surface area contributed by atoms with E-state index in [-0.39, 0.29) is 0 Å². The molecule has 0 aromatic rings. The van der Waals surface area contributed by atoms with Gasteiger partial charge in [0, 0.05) is 19.0 Å². The van der Waals surface area contributed by atoms with Crippen LogP contribution in [0.2, 0.25) is 0 Å². The van der Waals surface area contributed by atoms with Gasteiger partial charge in [-0.3, -0.25) is 0 Å². The highest BCUT2D eigenvalue weighted by molar-refractivity contribution is 6.17. The number of likely N-dealkylation sites (N-methyl/N-ethyl adjacent to an activating group) is 1. The molecule has 0 aromatic carbocycles. The predicted molar refractivity (Wildman–Crippen MR) is 74.4 cm³/mol. The zero-order chi connectivity index (χ0) is 12.4. The third kappa shape index (κ3) is 9.44. The van der Waals surface area contributed by atoms with Crippen LogP contribution in [0.25, 0.3) is 0 Å². The summed E-state index contributed by atoms with van der Waals surface area (Å²) in [6, 6.07) is 0. The Kier molecular flexibility index (Phi) is 10.5. The minimum atomic E-state index is 0.760. The molecule has 1 atom stereocenters. The molecule has 0 saturated heterocycles. The normalized spacial score (nSPS) is 13.7. The molecule has 0 aromatic heterocycles. The minimum absolute atomic E-state index is 0.760. The third-order valence-electron chi connectivity index (χ3n) is 2.94. The molecule has 0 radical (unpaired) electrons. The van der Waals surface area contributed by atoms with Crippen molar-refractivity contribution >= 4 is 11.6 Å². The Morgan fingerprint density at radius 1 is 1.00 bits per heavy atom. The van der Waals surface area contributed by atoms with Crippen LogP contribution >= 0.6 is 11.6 Å². The van der Waals surface area contributed by atoms with Gasteiger partial charge >= 0.3 is 0 Å². The predicted octanol–water partition coefficient (Wildman–Crippen LogP) is 2.92. The van der Waals surface area contributed by atoms with Gasteiger partial charge in [0.1, 0.15) is 0 Å². The Balaban J connectivity index is 3.74. The number of alkyl halides is 1. The van der Waals surface area contributed by atoms with Gasteiger partial charge in [0.15, 0.2) is 0 Å². The lowest BCUT2D eigenvalue weighted by Crippen LogP contribution is -2.33. The van der Waals surface area contributed by atoms with Crippen LogP contribution in [0.15, 0.2) is 0 Å². The van der Waals surface area contributed by atoms with Crippen molar-refractivity contribution in [3.63, 3.8) is 0 Å². The molecule has 2 nitrogen and oxygen atoms in total. The standard InChI is InChI=1S/C13H29ClN2/c1-5-9-16(12-11-15(3)4)10-7-13(2)6-8-14/h13H,5-12H2,1-4H3. The van der Waals surface area contributed by atoms with E-state index in [0.717, 1.165) is 24.8 Å². The number of hydrogen-bond donors (Lipinski definition) is 0. The molecular formula is C13H29ClN2. The number of hydrogen-bond acceptors (Lipinski definition) is 2. The molecule has 3 heteroatoms. The van der Waals surface area contributed by atoms with Crippen molar-refractivity contribution in [3.05, 3.63) is 0 Å². The molecule has 0 saturated carbocycles. The SMILES string of the molecule is CCCN(CCC(C)CCCl)CCN(C)C. The lowest BCUT2D eigenvalue weighted by Gasteiger charge is -2.24. The average Bonchev–Trinajstić information content (AvgIpc) is 2.22. The second kappa shape index (κ2) is 10.4. The molecule has 0 rings (SSSR count). The van der Waals surface area contributed by atoms with Gasteiger partial charge in [-0.05, 0) is 52.4 Å². The quantitative estimate of drug-likeness (QED) is 0.549. The number of nitrogens with zero attached hydrogens (tertiary/aromatic N) is 2. The van der Waals surface area contributed by atoms with E-state index in [1.165, 1.54) is 32.5 Å². The van der Waals surface area contributed by atoms with Crippen LogP contribution in [0.1, 0.15) is 33.1 Å². The van der Waals surface area contributed by atoms with Crippen molar-refractivity contribution in [2.75, 3.05) is 46.2 Å². The Labute approximate surface area is 107 Å². The lowest BCUT2D eigenvalue weighted by atomic mass is 10.0. The van der Waals surface area contributed by atoms with Crippen LogP contribution in [0, 0.1) is 5.92 Å². The molecule has 0 aliphatic heterocycles. The van der Waals surface area contributed by atoms with E-state index in [2.05, 4.69) is 37.7 Å². The van der Waals surface area contributed by atoms with Gasteiger partial charge in [-0.15, -0.1) is 11.6 Å². The molecule has 0 spiro atoms. The molecule has 0 aliphatic rings. The van der Waals surface area contributed by atoms with Crippen LogP contribution in [-0.4, -0.2) is 56.0 Å². The Hall–Kier alpha value is 0.210. The minimum Gasteiger partial charge on any atom is -0.308 e. The molecule has 16 heavy (non-hydrogen) atoms. The smallest absolute Gasteiger partial charge is 0.0225 e. The summed E-state index contributed by atoms with van der Waals surface area (Å²) in [6.45, 7) is 9.35. The van der Waals surface area contributed by atoms with Crippen molar-refractivity contribution in [1.29, 1.82) is 0 Å². The van der Waals surface area contributed by atoms with E-state index in [9.17, 15) is 0 Å². The zero-order valence-corrected chi connectivity index (χ0v) is 12.3. The van der Waals surface area contributed by atoms with Gasteiger partial charge < -0.3 is 9.80 Å². The van der Waals surface area contributed by atoms with E-state index in [1.54, 1.807) is 0 Å². The van der Waals surface area contributed by atoms with Crippen molar-refractivity contribution in [1.82, 2.24) is 9.80 Å². The summed E-state index contributed by atoms with van der Waals surface area (Å²) in [5, 5.41) is 0. The fourth-order valence-corrected chi connectivity index (χ4v) is 2.10. The zero-order valence-electron chi connectivity index (χ0n) is 11.5. The van der Waals surface area contributed by atoms with Crippen LogP contribution in [0.4, 0.5) is 0 Å². The van der Waals surface area contributed by atoms with Crippen LogP contribution < -0.4 is 0 Å². The van der Waals surface area contributed by atoms with E-state index in [0.29, 0.717) is 0 Å². The number of rotatable bonds is 10. The van der Waals surface area contributed by atoms with Gasteiger partial charge in [-0.2, -0.15) is 0 Å². The highest BCUT2D eigenvalue weighted by atomic mass is 35.5. The molecule has 0 N–H and O–H groups in total. The maximum absolute atomic E-state index is 5.76. The van der Waals surface area contributed by atoms with E-state index in [1.807, 2.05) is 0 Å². The highest BCUT2D eigenvalue weighted by Crippen LogP contribution is 2.09. The van der Waals surface area contributed by atoms with Crippen molar-refractivity contribution in [2.24, 2.45) is 5.92 Å². The van der Waals surface area contributed by atoms with Crippen molar-refractivity contribution in [3.8, 4) is 0 Å². The first-order chi connectivity index (χ1) is 7.60. The summed E-state index contributed by atoms with van der Waals surface area (Å²) in [5.74, 6) is 1.56. The van der Waals surface area contributed by atoms with Gasteiger partial charge in [0.25, 0.3) is 0 Å². The molecule has 0 aliphatic carbocycles. The summed E-state index contributed by atoms with van der Waals surface area (Å²) in [4.78, 5) is 4.83. The maximum atomic E-state index is 5.76. The Bertz CT molecular complexity index is 151. The Morgan fingerprint density at radius 2 is 1.69 bits per heavy atom. The molecule has 0 bridgehead atoms. The van der Waals surface area contributed by atoms with Gasteiger partial charge in [-0.1, -0.05) is 13.8 Å². The first-order valence-corrected chi connectivity index (χ1v) is 7.06. The van der Waals surface area contributed by atoms with E-state index >= 15 is 0 Å². The Morgan fingerprint density at radius 3 is 2.19 bits per heavy atom. The average molecular weight is 249 g/mol. The first-order valence-electron chi connectivity index (χ1n) is 6.53. The monoisotopic (exact) mass is 248 g/mol. The second-order valence-corrected chi connectivity index (χ2v) is 5.39. The molecule has 0 fully saturated rings. The van der Waals surface area contributed by atoms with Crippen molar-refractivity contribution < 1.29 is 0 Å². The summed E-state index contributed by atoms with van der Waals surface area (Å²) in [6.07, 6.45) is 3.67. The van der Waals surface area contributed by atoms with Crippen LogP contribution in [-0.2, 0) is 0 Å². The van der Waals surface area contributed by atoms with Gasteiger partial charge in [0.05, 0.1) is 0 Å². The largest absolute Gasteiger partial charge is 0.308 e. The van der Waals surface area contributed by atoms with E-state index < -0.39 is 0 Å². The summed E-state index contributed by atoms with van der Waals surface area (Å²) in [7, 11) is 4.28. The molecular weight excluding hydrogens is 220 g/mol.